The molecule has 2 aliphatic rings. The second-order valence-electron chi connectivity index (χ2n) is 16.4. The third-order valence-electron chi connectivity index (χ3n) is 11.8. The van der Waals surface area contributed by atoms with Crippen molar-refractivity contribution in [1.29, 1.82) is 0 Å². The van der Waals surface area contributed by atoms with Gasteiger partial charge in [-0.05, 0) is 143 Å². The molecule has 2 aliphatic carbocycles. The van der Waals surface area contributed by atoms with Crippen molar-refractivity contribution in [3.63, 3.8) is 0 Å². The quantitative estimate of drug-likeness (QED) is 0.147. The van der Waals surface area contributed by atoms with Gasteiger partial charge in [-0.1, -0.05) is 91.2 Å². The molecule has 0 spiro atoms. The summed E-state index contributed by atoms with van der Waals surface area (Å²) < 4.78 is 15.9. The first kappa shape index (κ1) is 43.7. The minimum atomic E-state index is -1.01. The molecule has 306 valence electrons. The summed E-state index contributed by atoms with van der Waals surface area (Å²) in [5.74, 6) is 2.78. The summed E-state index contributed by atoms with van der Waals surface area (Å²) in [6.45, 7) is 3.79. The van der Waals surface area contributed by atoms with Crippen LogP contribution in [0.4, 0.5) is 0 Å². The Morgan fingerprint density at radius 3 is 1.19 bits per heavy atom. The fourth-order valence-electron chi connectivity index (χ4n) is 8.73. The number of hydrogen-bond donors (Lipinski definition) is 2. The Kier molecular flexibility index (Phi) is 15.6. The first-order valence-corrected chi connectivity index (χ1v) is 20.6. The van der Waals surface area contributed by atoms with Crippen LogP contribution >= 0.6 is 0 Å². The minimum Gasteiger partial charge on any atom is -0.497 e. The Hall–Kier alpha value is -4.40. The smallest absolute Gasteiger partial charge is 0.118 e. The highest BCUT2D eigenvalue weighted by molar-refractivity contribution is 5.59. The molecule has 57 heavy (non-hydrogen) atoms. The van der Waals surface area contributed by atoms with E-state index in [0.717, 1.165) is 115 Å². The van der Waals surface area contributed by atoms with Gasteiger partial charge in [-0.3, -0.25) is 0 Å². The topological polar surface area (TPSA) is 74.6 Å². The van der Waals surface area contributed by atoms with Gasteiger partial charge in [-0.15, -0.1) is 0 Å². The fraction of sp³-hybridized carbons (Fsp3) is 0.440. The van der Waals surface area contributed by atoms with E-state index in [0.29, 0.717) is 0 Å². The molecule has 0 aliphatic heterocycles. The molecule has 0 bridgehead atoms. The number of rotatable bonds is 11. The average molecular weight is 775 g/mol. The van der Waals surface area contributed by atoms with Gasteiger partial charge >= 0.3 is 0 Å². The van der Waals surface area contributed by atoms with Crippen LogP contribution in [-0.4, -0.2) is 82.6 Å². The molecule has 0 heterocycles. The molecular weight excluding hydrogens is 709 g/mol. The lowest BCUT2D eigenvalue weighted by Crippen LogP contribution is -2.41. The number of methoxy groups -OCH3 is 3. The predicted octanol–water partition coefficient (Wildman–Crippen LogP) is 9.75. The summed E-state index contributed by atoms with van der Waals surface area (Å²) in [5, 5.41) is 24.5. The Labute approximate surface area is 342 Å². The van der Waals surface area contributed by atoms with E-state index in [1.54, 1.807) is 21.3 Å². The largest absolute Gasteiger partial charge is 0.497 e. The molecular formula is C50H66N2O5. The molecule has 7 heteroatoms. The number of ether oxygens (including phenoxy) is 3. The van der Waals surface area contributed by atoms with E-state index < -0.39 is 11.2 Å². The van der Waals surface area contributed by atoms with Gasteiger partial charge in [0.15, 0.2) is 0 Å². The summed E-state index contributed by atoms with van der Waals surface area (Å²) in [5.41, 5.74) is 5.58. The number of benzene rings is 4. The van der Waals surface area contributed by atoms with Crippen LogP contribution in [0.3, 0.4) is 0 Å². The summed E-state index contributed by atoms with van der Waals surface area (Å²) in [4.78, 5) is 4.37. The maximum Gasteiger partial charge on any atom is 0.118 e. The maximum absolute atomic E-state index is 12.3. The Bertz CT molecular complexity index is 1880. The van der Waals surface area contributed by atoms with Crippen LogP contribution < -0.4 is 14.2 Å². The van der Waals surface area contributed by atoms with Crippen LogP contribution in [0.15, 0.2) is 108 Å². The lowest BCUT2D eigenvalue weighted by Gasteiger charge is -2.39. The van der Waals surface area contributed by atoms with Crippen molar-refractivity contribution in [2.24, 2.45) is 11.8 Å². The molecule has 4 atom stereocenters. The molecule has 2 N–H and O–H groups in total. The molecule has 4 unspecified atom stereocenters. The average Bonchev–Trinajstić information content (AvgIpc) is 3.46. The zero-order chi connectivity index (χ0) is 41.0. The molecule has 4 aromatic carbocycles. The van der Waals surface area contributed by atoms with Gasteiger partial charge in [0.2, 0.25) is 0 Å². The Morgan fingerprint density at radius 2 is 0.860 bits per heavy atom. The zero-order valence-electron chi connectivity index (χ0n) is 35.6. The van der Waals surface area contributed by atoms with Crippen LogP contribution in [0.1, 0.15) is 79.2 Å². The molecule has 7 nitrogen and oxygen atoms in total. The van der Waals surface area contributed by atoms with E-state index in [9.17, 15) is 10.2 Å². The standard InChI is InChI=1S/C25H33NO3.C25H33NO2/c1-26(2)18-22-8-6-5-7-21(17-19-9-13-23(28-3)14-10-19)25(22,27)20-11-15-24(29-4)16-12-20;1-19-9-13-21(14-10-19)25(27)22(7-5-6-8-23(25)18-26(2)3)17-20-11-15-24(28-4)16-12-20/h9-17,22,27H,5-8,18H2,1-4H3;9-17,23,27H,5-8,18H2,1-4H3. The van der Waals surface area contributed by atoms with Crippen LogP contribution in [0.2, 0.25) is 0 Å². The van der Waals surface area contributed by atoms with Crippen molar-refractivity contribution in [3.8, 4) is 17.2 Å². The second-order valence-corrected chi connectivity index (χ2v) is 16.4. The first-order valence-electron chi connectivity index (χ1n) is 20.6. The van der Waals surface area contributed by atoms with Crippen molar-refractivity contribution in [1.82, 2.24) is 9.80 Å². The fourth-order valence-corrected chi connectivity index (χ4v) is 8.73. The molecule has 4 aromatic rings. The van der Waals surface area contributed by atoms with Gasteiger partial charge in [-0.25, -0.2) is 0 Å². The Balaban J connectivity index is 0.000000218. The van der Waals surface area contributed by atoms with Gasteiger partial charge in [0.1, 0.15) is 28.5 Å². The number of aliphatic hydroxyl groups is 2. The van der Waals surface area contributed by atoms with Gasteiger partial charge in [0.05, 0.1) is 21.3 Å². The van der Waals surface area contributed by atoms with Gasteiger partial charge in [0, 0.05) is 24.9 Å². The zero-order valence-corrected chi connectivity index (χ0v) is 35.6. The molecule has 0 radical (unpaired) electrons. The van der Waals surface area contributed by atoms with Crippen LogP contribution in [0, 0.1) is 18.8 Å². The van der Waals surface area contributed by atoms with Crippen LogP contribution in [0.25, 0.3) is 12.2 Å². The lowest BCUT2D eigenvalue weighted by molar-refractivity contribution is 0.000302. The van der Waals surface area contributed by atoms with E-state index >= 15 is 0 Å². The van der Waals surface area contributed by atoms with E-state index in [-0.39, 0.29) is 11.8 Å². The molecule has 0 aromatic heterocycles. The third-order valence-corrected chi connectivity index (χ3v) is 11.8. The highest BCUT2D eigenvalue weighted by atomic mass is 16.5. The van der Waals surface area contributed by atoms with Crippen molar-refractivity contribution in [2.75, 3.05) is 62.6 Å². The molecule has 2 fully saturated rings. The number of hydrogen-bond acceptors (Lipinski definition) is 7. The van der Waals surface area contributed by atoms with Crippen molar-refractivity contribution >= 4 is 12.2 Å². The van der Waals surface area contributed by atoms with E-state index in [1.165, 1.54) is 5.56 Å². The van der Waals surface area contributed by atoms with Crippen molar-refractivity contribution < 1.29 is 24.4 Å². The monoisotopic (exact) mass is 774 g/mol. The van der Waals surface area contributed by atoms with Crippen molar-refractivity contribution in [3.05, 3.63) is 136 Å². The SMILES string of the molecule is COc1ccc(C=C2CCCCC(CN(C)C)C2(O)c2ccc(C)cc2)cc1.COc1ccc(C=C2CCCCC(CN(C)C)C2(O)c2ccc(OC)cc2)cc1. The summed E-state index contributed by atoms with van der Waals surface area (Å²) in [6, 6.07) is 32.4. The Morgan fingerprint density at radius 1 is 0.526 bits per heavy atom. The molecule has 0 saturated heterocycles. The maximum atomic E-state index is 12.3. The summed E-state index contributed by atoms with van der Waals surface area (Å²) in [6.07, 6.45) is 12.7. The molecule has 0 amide bonds. The number of aryl methyl sites for hydroxylation is 1. The second kappa shape index (κ2) is 20.3. The number of nitrogens with zero attached hydrogens (tertiary/aromatic N) is 2. The highest BCUT2D eigenvalue weighted by Crippen LogP contribution is 2.47. The van der Waals surface area contributed by atoms with Crippen molar-refractivity contribution in [2.45, 2.75) is 69.5 Å². The normalized spacial score (nSPS) is 24.1. The third kappa shape index (κ3) is 11.0. The summed E-state index contributed by atoms with van der Waals surface area (Å²) in [7, 11) is 13.4. The predicted molar refractivity (Wildman–Crippen MR) is 235 cm³/mol. The van der Waals surface area contributed by atoms with Gasteiger partial charge < -0.3 is 34.2 Å². The van der Waals surface area contributed by atoms with Gasteiger partial charge in [-0.2, -0.15) is 0 Å². The van der Waals surface area contributed by atoms with E-state index in [1.807, 2.05) is 60.7 Å². The van der Waals surface area contributed by atoms with Crippen LogP contribution in [0.5, 0.6) is 17.2 Å². The highest BCUT2D eigenvalue weighted by Gasteiger charge is 2.44. The molecule has 2 saturated carbocycles. The van der Waals surface area contributed by atoms with Gasteiger partial charge in [0.25, 0.3) is 0 Å². The molecule has 6 rings (SSSR count). The van der Waals surface area contributed by atoms with E-state index in [4.69, 9.17) is 14.2 Å². The lowest BCUT2D eigenvalue weighted by atomic mass is 9.74. The van der Waals surface area contributed by atoms with Crippen LogP contribution in [-0.2, 0) is 11.2 Å². The first-order chi connectivity index (χ1) is 27.4. The minimum absolute atomic E-state index is 0.123. The summed E-state index contributed by atoms with van der Waals surface area (Å²) >= 11 is 0. The van der Waals surface area contributed by atoms with E-state index in [2.05, 4.69) is 93.5 Å².